The average molecular weight is 406 g/mol. The molecule has 0 saturated heterocycles. The molecule has 0 atom stereocenters. The molecule has 0 spiro atoms. The molecule has 0 aliphatic heterocycles. The molecule has 25 heavy (non-hydrogen) atoms. The van der Waals surface area contributed by atoms with E-state index in [0.717, 1.165) is 15.8 Å². The summed E-state index contributed by atoms with van der Waals surface area (Å²) in [5.74, 6) is 1.22. The van der Waals surface area contributed by atoms with Crippen molar-refractivity contribution in [3.8, 4) is 11.5 Å². The number of halogens is 1. The molecule has 0 aromatic heterocycles. The van der Waals surface area contributed by atoms with Gasteiger partial charge in [-0.2, -0.15) is 0 Å². The topological polar surface area (TPSA) is 47.6 Å². The predicted molar refractivity (Wildman–Crippen MR) is 103 cm³/mol. The Balaban J connectivity index is 1.90. The van der Waals surface area contributed by atoms with Crippen molar-refractivity contribution in [1.82, 2.24) is 5.32 Å². The highest BCUT2D eigenvalue weighted by atomic mass is 79.9. The maximum atomic E-state index is 12.0. The van der Waals surface area contributed by atoms with Gasteiger partial charge in [0, 0.05) is 12.1 Å². The minimum atomic E-state index is -0.183. The zero-order valence-corrected chi connectivity index (χ0v) is 16.6. The highest BCUT2D eigenvalue weighted by molar-refractivity contribution is 9.10. The molecule has 0 fully saturated rings. The summed E-state index contributed by atoms with van der Waals surface area (Å²) >= 11 is 3.51. The van der Waals surface area contributed by atoms with Gasteiger partial charge in [-0.1, -0.05) is 45.0 Å². The normalized spacial score (nSPS) is 11.1. The Morgan fingerprint density at radius 1 is 1.12 bits per heavy atom. The molecule has 2 aromatic rings. The van der Waals surface area contributed by atoms with Gasteiger partial charge in [-0.05, 0) is 45.1 Å². The molecular weight excluding hydrogens is 382 g/mol. The number of hydrogen-bond acceptors (Lipinski definition) is 3. The molecule has 2 aromatic carbocycles. The van der Waals surface area contributed by atoms with Crippen LogP contribution < -0.4 is 14.8 Å². The third-order valence-electron chi connectivity index (χ3n) is 3.83. The van der Waals surface area contributed by atoms with Crippen molar-refractivity contribution in [3.05, 3.63) is 58.1 Å². The summed E-state index contributed by atoms with van der Waals surface area (Å²) in [5.41, 5.74) is 2.19. The number of benzene rings is 2. The Labute approximate surface area is 157 Å². The van der Waals surface area contributed by atoms with Crippen LogP contribution in [0.5, 0.6) is 11.5 Å². The molecule has 1 N–H and O–H groups in total. The largest absolute Gasteiger partial charge is 0.496 e. The second-order valence-electron chi connectivity index (χ2n) is 6.77. The monoisotopic (exact) mass is 405 g/mol. The van der Waals surface area contributed by atoms with E-state index in [-0.39, 0.29) is 17.9 Å². The number of ether oxygens (including phenoxy) is 2. The van der Waals surface area contributed by atoms with Gasteiger partial charge in [-0.25, -0.2) is 0 Å². The Morgan fingerprint density at radius 3 is 2.48 bits per heavy atom. The molecule has 5 heteroatoms. The first-order chi connectivity index (χ1) is 11.8. The number of nitrogens with one attached hydrogen (secondary N) is 1. The number of methoxy groups -OCH3 is 1. The average Bonchev–Trinajstić information content (AvgIpc) is 2.58. The molecule has 134 valence electrons. The first-order valence-corrected chi connectivity index (χ1v) is 8.92. The minimum absolute atomic E-state index is 0.0391. The van der Waals surface area contributed by atoms with Gasteiger partial charge in [0.1, 0.15) is 11.5 Å². The summed E-state index contributed by atoms with van der Waals surface area (Å²) < 4.78 is 11.7. The molecule has 0 aliphatic rings. The number of para-hydroxylation sites is 1. The van der Waals surface area contributed by atoms with Gasteiger partial charge in [0.2, 0.25) is 0 Å². The van der Waals surface area contributed by atoms with E-state index in [2.05, 4.69) is 42.0 Å². The van der Waals surface area contributed by atoms with Crippen LogP contribution in [0.25, 0.3) is 0 Å². The van der Waals surface area contributed by atoms with Gasteiger partial charge in [-0.15, -0.1) is 0 Å². The highest BCUT2D eigenvalue weighted by Crippen LogP contribution is 2.31. The van der Waals surface area contributed by atoms with E-state index in [1.807, 2.05) is 42.5 Å². The van der Waals surface area contributed by atoms with Crippen LogP contribution in [0, 0.1) is 0 Å². The van der Waals surface area contributed by atoms with Crippen LogP contribution in [0.3, 0.4) is 0 Å². The summed E-state index contributed by atoms with van der Waals surface area (Å²) in [5, 5.41) is 2.84. The van der Waals surface area contributed by atoms with Crippen LogP contribution in [0.15, 0.2) is 46.9 Å². The molecule has 0 radical (unpaired) electrons. The molecule has 4 nitrogen and oxygen atoms in total. The van der Waals surface area contributed by atoms with Crippen LogP contribution in [0.2, 0.25) is 0 Å². The molecule has 0 unspecified atom stereocenters. The number of carbonyl (C=O) groups excluding carboxylic acids is 1. The molecule has 0 heterocycles. The van der Waals surface area contributed by atoms with Gasteiger partial charge in [0.05, 0.1) is 11.6 Å². The molecule has 0 saturated carbocycles. The molecule has 0 aliphatic carbocycles. The highest BCUT2D eigenvalue weighted by Gasteiger charge is 2.15. The Morgan fingerprint density at radius 2 is 1.84 bits per heavy atom. The van der Waals surface area contributed by atoms with Crippen LogP contribution in [-0.2, 0) is 16.8 Å². The second-order valence-corrected chi connectivity index (χ2v) is 7.63. The number of carbonyl (C=O) groups is 1. The van der Waals surface area contributed by atoms with Crippen molar-refractivity contribution in [3.63, 3.8) is 0 Å². The SMILES string of the molecule is COc1ccccc1CNC(=O)COc1ccc(C(C)(C)C)cc1Br. The van der Waals surface area contributed by atoms with Crippen LogP contribution >= 0.6 is 15.9 Å². The van der Waals surface area contributed by atoms with Gasteiger partial charge in [-0.3, -0.25) is 4.79 Å². The van der Waals surface area contributed by atoms with Crippen molar-refractivity contribution in [2.75, 3.05) is 13.7 Å². The Bertz CT molecular complexity index is 738. The van der Waals surface area contributed by atoms with Crippen molar-refractivity contribution in [2.45, 2.75) is 32.7 Å². The summed E-state index contributed by atoms with van der Waals surface area (Å²) in [4.78, 5) is 12.0. The summed E-state index contributed by atoms with van der Waals surface area (Å²) in [6.07, 6.45) is 0. The maximum Gasteiger partial charge on any atom is 0.258 e. The first kappa shape index (κ1) is 19.3. The van der Waals surface area contributed by atoms with E-state index in [1.165, 1.54) is 5.56 Å². The van der Waals surface area contributed by atoms with E-state index in [9.17, 15) is 4.79 Å². The van der Waals surface area contributed by atoms with Gasteiger partial charge >= 0.3 is 0 Å². The van der Waals surface area contributed by atoms with Crippen LogP contribution in [0.1, 0.15) is 31.9 Å². The number of hydrogen-bond donors (Lipinski definition) is 1. The minimum Gasteiger partial charge on any atom is -0.496 e. The predicted octanol–water partition coefficient (Wildman–Crippen LogP) is 4.45. The Kier molecular flexibility index (Phi) is 6.48. The van der Waals surface area contributed by atoms with Crippen molar-refractivity contribution in [2.24, 2.45) is 0 Å². The van der Waals surface area contributed by atoms with Gasteiger partial charge < -0.3 is 14.8 Å². The van der Waals surface area contributed by atoms with Crippen molar-refractivity contribution >= 4 is 21.8 Å². The van der Waals surface area contributed by atoms with E-state index in [4.69, 9.17) is 9.47 Å². The lowest BCUT2D eigenvalue weighted by atomic mass is 9.87. The fourth-order valence-electron chi connectivity index (χ4n) is 2.32. The second kappa shape index (κ2) is 8.39. The smallest absolute Gasteiger partial charge is 0.258 e. The van der Waals surface area contributed by atoms with E-state index in [0.29, 0.717) is 12.3 Å². The fraction of sp³-hybridized carbons (Fsp3) is 0.350. The number of amides is 1. The lowest BCUT2D eigenvalue weighted by molar-refractivity contribution is -0.123. The van der Waals surface area contributed by atoms with Gasteiger partial charge in [0.15, 0.2) is 6.61 Å². The van der Waals surface area contributed by atoms with Crippen LogP contribution in [0.4, 0.5) is 0 Å². The molecule has 2 rings (SSSR count). The maximum absolute atomic E-state index is 12.0. The van der Waals surface area contributed by atoms with E-state index >= 15 is 0 Å². The lowest BCUT2D eigenvalue weighted by Gasteiger charge is -2.20. The summed E-state index contributed by atoms with van der Waals surface area (Å²) in [6.45, 7) is 6.82. The van der Waals surface area contributed by atoms with E-state index in [1.54, 1.807) is 7.11 Å². The van der Waals surface area contributed by atoms with Gasteiger partial charge in [0.25, 0.3) is 5.91 Å². The fourth-order valence-corrected chi connectivity index (χ4v) is 2.81. The summed E-state index contributed by atoms with van der Waals surface area (Å²) in [6, 6.07) is 13.5. The van der Waals surface area contributed by atoms with Crippen molar-refractivity contribution in [1.29, 1.82) is 0 Å². The standard InChI is InChI=1S/C20H24BrNO3/c1-20(2,3)15-9-10-18(16(21)11-15)25-13-19(23)22-12-14-7-5-6-8-17(14)24-4/h5-11H,12-13H2,1-4H3,(H,22,23). The van der Waals surface area contributed by atoms with E-state index < -0.39 is 0 Å². The molecule has 0 bridgehead atoms. The molecular formula is C20H24BrNO3. The van der Waals surface area contributed by atoms with Crippen LogP contribution in [-0.4, -0.2) is 19.6 Å². The zero-order valence-electron chi connectivity index (χ0n) is 15.1. The zero-order chi connectivity index (χ0) is 18.4. The third-order valence-corrected chi connectivity index (χ3v) is 4.44. The first-order valence-electron chi connectivity index (χ1n) is 8.12. The quantitative estimate of drug-likeness (QED) is 0.771. The summed E-state index contributed by atoms with van der Waals surface area (Å²) in [7, 11) is 1.61. The third kappa shape index (κ3) is 5.49. The molecule has 1 amide bonds. The Hall–Kier alpha value is -2.01. The van der Waals surface area contributed by atoms with Crippen molar-refractivity contribution < 1.29 is 14.3 Å². The number of rotatable bonds is 6. The lowest BCUT2D eigenvalue weighted by Crippen LogP contribution is -2.28.